The van der Waals surface area contributed by atoms with Crippen LogP contribution in [0.15, 0.2) is 84.8 Å². The van der Waals surface area contributed by atoms with Crippen molar-refractivity contribution >= 4 is 82.0 Å². The molecule has 1 atom stereocenters. The number of carbonyl (C=O) groups is 1. The maximum absolute atomic E-state index is 12.4. The Bertz CT molecular complexity index is 1310. The average molecular weight is 604 g/mol. The number of hydrogen-bond acceptors (Lipinski definition) is 3. The van der Waals surface area contributed by atoms with E-state index < -0.39 is 8.07 Å². The van der Waals surface area contributed by atoms with Crippen molar-refractivity contribution in [2.45, 2.75) is 6.55 Å². The zero-order valence-electron chi connectivity index (χ0n) is 15.8. The van der Waals surface area contributed by atoms with E-state index in [0.717, 1.165) is 39.6 Å². The van der Waals surface area contributed by atoms with E-state index in [1.54, 1.807) is 18.2 Å². The van der Waals surface area contributed by atoms with E-state index in [1.165, 1.54) is 5.19 Å². The van der Waals surface area contributed by atoms with Crippen LogP contribution in [-0.2, 0) is 4.79 Å². The van der Waals surface area contributed by atoms with Crippen LogP contribution in [0.4, 0.5) is 5.69 Å². The molecule has 1 unspecified atom stereocenters. The number of fused-ring (bicyclic) bond motifs is 2. The third kappa shape index (κ3) is 3.03. The van der Waals surface area contributed by atoms with Crippen molar-refractivity contribution in [2.75, 3.05) is 0 Å². The summed E-state index contributed by atoms with van der Waals surface area (Å²) in [6, 6.07) is 16.0. The number of ketones is 1. The van der Waals surface area contributed by atoms with Gasteiger partial charge in [0, 0.05) is 0 Å². The fraction of sp³-hybridized carbons (Fsp3) is 0.0435. The van der Waals surface area contributed by atoms with Gasteiger partial charge in [0.2, 0.25) is 0 Å². The molecular weight excluding hydrogens is 589 g/mol. The number of allylic oxidation sites excluding steroid dienone is 4. The number of aliphatic imine (C=N–C) groups is 1. The standard InChI is InChI=1S/C23H15Br2NO2SeSi/c1-30(14-5-3-2-4-6-14)19-11-13(27)7-8-16(19)26-17-9-10-18(28)21(23(17)30)22-15(24)12-20(25)29-22/h2-12,28H,1H3. The SMILES string of the molecule is C[Si]1(c2ccccc2)C2=CC(=O)C=CC2=Nc2ccc(O)c(-c3[se]c(Br)cc3Br)c21. The molecule has 0 spiro atoms. The van der Waals surface area contributed by atoms with E-state index in [4.69, 9.17) is 4.99 Å². The molecule has 0 saturated heterocycles. The van der Waals surface area contributed by atoms with Crippen LogP contribution >= 0.6 is 31.9 Å². The number of benzene rings is 2. The Kier molecular flexibility index (Phi) is 4.99. The van der Waals surface area contributed by atoms with Crippen LogP contribution in [0.2, 0.25) is 6.55 Å². The van der Waals surface area contributed by atoms with Crippen molar-refractivity contribution < 1.29 is 9.90 Å². The molecule has 0 amide bonds. The molecule has 0 radical (unpaired) electrons. The van der Waals surface area contributed by atoms with Crippen molar-refractivity contribution in [1.29, 1.82) is 0 Å². The van der Waals surface area contributed by atoms with Gasteiger partial charge in [0.1, 0.15) is 0 Å². The van der Waals surface area contributed by atoms with Crippen molar-refractivity contribution in [3.63, 3.8) is 0 Å². The Morgan fingerprint density at radius 2 is 1.83 bits per heavy atom. The van der Waals surface area contributed by atoms with Gasteiger partial charge in [0.25, 0.3) is 0 Å². The molecule has 5 rings (SSSR count). The van der Waals surface area contributed by atoms with Gasteiger partial charge in [-0.2, -0.15) is 0 Å². The molecule has 7 heteroatoms. The van der Waals surface area contributed by atoms with Gasteiger partial charge in [-0.05, 0) is 0 Å². The third-order valence-electron chi connectivity index (χ3n) is 5.64. The molecule has 3 nitrogen and oxygen atoms in total. The van der Waals surface area contributed by atoms with E-state index in [9.17, 15) is 9.90 Å². The van der Waals surface area contributed by atoms with Crippen LogP contribution < -0.4 is 10.4 Å². The number of carbonyl (C=O) groups excluding carboxylic acids is 1. The molecule has 2 heterocycles. The quantitative estimate of drug-likeness (QED) is 0.346. The Balaban J connectivity index is 1.94. The molecule has 148 valence electrons. The molecule has 3 aromatic rings. The molecule has 1 aliphatic heterocycles. The van der Waals surface area contributed by atoms with Gasteiger partial charge in [-0.3, -0.25) is 0 Å². The first-order valence-electron chi connectivity index (χ1n) is 9.30. The van der Waals surface area contributed by atoms with Gasteiger partial charge < -0.3 is 0 Å². The van der Waals surface area contributed by atoms with Gasteiger partial charge in [-0.25, -0.2) is 0 Å². The number of halogens is 2. The Morgan fingerprint density at radius 1 is 1.07 bits per heavy atom. The Hall–Kier alpha value is -1.76. The molecule has 0 saturated carbocycles. The number of phenols is 1. The summed E-state index contributed by atoms with van der Waals surface area (Å²) in [5, 5.41) is 14.3. The summed E-state index contributed by atoms with van der Waals surface area (Å²) in [4.78, 5) is 17.3. The third-order valence-corrected chi connectivity index (χ3v) is 14.4. The van der Waals surface area contributed by atoms with E-state index in [2.05, 4.69) is 56.6 Å². The van der Waals surface area contributed by atoms with Crippen LogP contribution in [0.1, 0.15) is 0 Å². The first kappa shape index (κ1) is 20.2. The van der Waals surface area contributed by atoms with Crippen LogP contribution in [0.3, 0.4) is 0 Å². The second kappa shape index (κ2) is 7.43. The number of hydrogen-bond donors (Lipinski definition) is 1. The van der Waals surface area contributed by atoms with E-state index >= 15 is 0 Å². The zero-order valence-corrected chi connectivity index (χ0v) is 21.7. The topological polar surface area (TPSA) is 49.7 Å². The minimum absolute atomic E-state index is 0.0151. The zero-order chi connectivity index (χ0) is 21.0. The Morgan fingerprint density at radius 3 is 2.53 bits per heavy atom. The van der Waals surface area contributed by atoms with Crippen molar-refractivity contribution in [3.8, 4) is 15.8 Å². The first-order valence-corrected chi connectivity index (χ1v) is 15.1. The van der Waals surface area contributed by atoms with Crippen LogP contribution in [0.25, 0.3) is 10.0 Å². The maximum atomic E-state index is 12.4. The molecular formula is C23H15Br2NO2SeSi. The van der Waals surface area contributed by atoms with E-state index in [1.807, 2.05) is 30.3 Å². The number of nitrogens with zero attached hydrogens (tertiary/aromatic N) is 1. The number of phenolic OH excluding ortho intramolecular Hbond substituents is 1. The van der Waals surface area contributed by atoms with Crippen molar-refractivity contribution in [3.05, 3.63) is 79.8 Å². The Labute approximate surface area is 197 Å². The molecule has 0 bridgehead atoms. The monoisotopic (exact) mass is 603 g/mol. The van der Waals surface area contributed by atoms with Gasteiger partial charge in [-0.15, -0.1) is 0 Å². The molecule has 0 fully saturated rings. The average Bonchev–Trinajstić information content (AvgIpc) is 3.07. The van der Waals surface area contributed by atoms with Crippen molar-refractivity contribution in [2.24, 2.45) is 4.99 Å². The van der Waals surface area contributed by atoms with Crippen LogP contribution in [0.5, 0.6) is 5.75 Å². The summed E-state index contributed by atoms with van der Waals surface area (Å²) in [6.07, 6.45) is 5.15. The first-order chi connectivity index (χ1) is 14.4. The predicted octanol–water partition coefficient (Wildman–Crippen LogP) is 4.52. The molecule has 1 N–H and O–H groups in total. The summed E-state index contributed by atoms with van der Waals surface area (Å²) in [5.74, 6) is 0.239. The fourth-order valence-electron chi connectivity index (χ4n) is 4.27. The summed E-state index contributed by atoms with van der Waals surface area (Å²) in [5.41, 5.74) is 2.58. The van der Waals surface area contributed by atoms with E-state index in [0.29, 0.717) is 0 Å². The number of aromatic hydroxyl groups is 1. The molecule has 2 aliphatic rings. The summed E-state index contributed by atoms with van der Waals surface area (Å²) < 4.78 is 3.19. The van der Waals surface area contributed by atoms with Crippen LogP contribution in [-0.4, -0.2) is 39.2 Å². The fourth-order valence-corrected chi connectivity index (χ4v) is 13.0. The summed E-state index contributed by atoms with van der Waals surface area (Å²) in [7, 11) is -2.62. The van der Waals surface area contributed by atoms with Gasteiger partial charge >= 0.3 is 199 Å². The van der Waals surface area contributed by atoms with Gasteiger partial charge in [0.15, 0.2) is 0 Å². The number of rotatable bonds is 2. The van der Waals surface area contributed by atoms with Crippen molar-refractivity contribution in [1.82, 2.24) is 0 Å². The minimum atomic E-state index is -2.62. The van der Waals surface area contributed by atoms with Gasteiger partial charge in [-0.1, -0.05) is 0 Å². The van der Waals surface area contributed by atoms with Gasteiger partial charge in [0.05, 0.1) is 0 Å². The molecule has 1 aliphatic carbocycles. The molecule has 1 aromatic heterocycles. The second-order valence-corrected chi connectivity index (χ2v) is 16.3. The molecule has 2 aromatic carbocycles. The van der Waals surface area contributed by atoms with E-state index in [-0.39, 0.29) is 26.0 Å². The van der Waals surface area contributed by atoms with Crippen LogP contribution in [0, 0.1) is 0 Å². The predicted molar refractivity (Wildman–Crippen MR) is 133 cm³/mol. The molecule has 30 heavy (non-hydrogen) atoms. The second-order valence-electron chi connectivity index (χ2n) is 7.36. The normalized spacial score (nSPS) is 19.8. The summed E-state index contributed by atoms with van der Waals surface area (Å²) in [6.45, 7) is 2.26. The summed E-state index contributed by atoms with van der Waals surface area (Å²) >= 11 is 7.36.